The molecule has 0 aromatic heterocycles. The van der Waals surface area contributed by atoms with Crippen LogP contribution in [0.5, 0.6) is 0 Å². The fraction of sp³-hybridized carbons (Fsp3) is 0.692. The summed E-state index contributed by atoms with van der Waals surface area (Å²) in [7, 11) is 5.09. The number of carbonyl (C=O) groups excluding carboxylic acids is 2. The molecule has 3 N–H and O–H groups in total. The number of ether oxygens (including phenoxy) is 3. The van der Waals surface area contributed by atoms with Crippen LogP contribution < -0.4 is 16.0 Å². The number of nitrogens with one attached hydrogen (secondary N) is 3. The highest BCUT2D eigenvalue weighted by Crippen LogP contribution is 2.26. The number of likely N-dealkylation sites (N-methyl/N-ethyl adjacent to an activating group) is 1. The summed E-state index contributed by atoms with van der Waals surface area (Å²) in [6.45, 7) is 3.63. The first kappa shape index (κ1) is 30.2. The molecule has 1 saturated heterocycles. The molecule has 1 aromatic rings. The first-order valence-electron chi connectivity index (χ1n) is 12.9. The summed E-state index contributed by atoms with van der Waals surface area (Å²) in [6.07, 6.45) is 5.17. The molecule has 36 heavy (non-hydrogen) atoms. The minimum absolute atomic E-state index is 0.0633. The summed E-state index contributed by atoms with van der Waals surface area (Å²) >= 11 is 6.17. The Labute approximate surface area is 220 Å². The van der Waals surface area contributed by atoms with E-state index in [1.54, 1.807) is 4.90 Å². The number of rotatable bonds is 15. The number of hydrogen-bond acceptors (Lipinski definition) is 6. The number of urea groups is 1. The van der Waals surface area contributed by atoms with E-state index in [2.05, 4.69) is 20.7 Å². The molecule has 1 aliphatic heterocycles. The van der Waals surface area contributed by atoms with Gasteiger partial charge in [0.25, 0.3) is 0 Å². The zero-order valence-electron chi connectivity index (χ0n) is 21.9. The van der Waals surface area contributed by atoms with Crippen molar-refractivity contribution in [3.05, 3.63) is 34.9 Å². The molecular formula is C26H43ClN4O5. The number of carbonyl (C=O) groups is 2. The summed E-state index contributed by atoms with van der Waals surface area (Å²) in [5.41, 5.74) is 0.994. The van der Waals surface area contributed by atoms with Gasteiger partial charge < -0.3 is 35.1 Å². The standard InChI is InChI=1S/C26H43ClN4O5/c1-28-23(16-20-8-7-14-35-19-20)18-30-25(32)31(2)13-5-4-11-24(21-9-6-10-22(27)17-21)36-15-12-29-26(33)34-3/h6,9-10,17,20,23-24,28H,4-5,7-8,11-16,18-19H2,1-3H3,(H,29,33)(H,30,32)/t20-,23+,24-/m1/s1. The van der Waals surface area contributed by atoms with Crippen LogP contribution in [0, 0.1) is 5.92 Å². The van der Waals surface area contributed by atoms with Crippen LogP contribution in [-0.4, -0.2) is 83.7 Å². The van der Waals surface area contributed by atoms with Crippen LogP contribution in [0.25, 0.3) is 0 Å². The average molecular weight is 527 g/mol. The fourth-order valence-electron chi connectivity index (χ4n) is 4.30. The predicted molar refractivity (Wildman–Crippen MR) is 141 cm³/mol. The third-order valence-electron chi connectivity index (χ3n) is 6.43. The van der Waals surface area contributed by atoms with Crippen LogP contribution in [0.1, 0.15) is 50.2 Å². The lowest BCUT2D eigenvalue weighted by Gasteiger charge is -2.27. The number of nitrogens with zero attached hydrogens (tertiary/aromatic N) is 1. The van der Waals surface area contributed by atoms with Gasteiger partial charge >= 0.3 is 12.1 Å². The lowest BCUT2D eigenvalue weighted by Crippen LogP contribution is -2.45. The molecule has 1 aliphatic rings. The van der Waals surface area contributed by atoms with Gasteiger partial charge in [0.05, 0.1) is 19.8 Å². The molecule has 1 aromatic carbocycles. The molecule has 1 fully saturated rings. The van der Waals surface area contributed by atoms with E-state index >= 15 is 0 Å². The van der Waals surface area contributed by atoms with E-state index in [1.807, 2.05) is 38.4 Å². The summed E-state index contributed by atoms with van der Waals surface area (Å²) < 4.78 is 16.2. The molecule has 0 bridgehead atoms. The van der Waals surface area contributed by atoms with E-state index in [1.165, 1.54) is 13.5 Å². The van der Waals surface area contributed by atoms with E-state index in [-0.39, 0.29) is 18.2 Å². The molecule has 9 nitrogen and oxygen atoms in total. The molecule has 0 saturated carbocycles. The highest BCUT2D eigenvalue weighted by atomic mass is 35.5. The van der Waals surface area contributed by atoms with Crippen LogP contribution in [0.3, 0.4) is 0 Å². The maximum atomic E-state index is 12.6. The van der Waals surface area contributed by atoms with Gasteiger partial charge in [-0.15, -0.1) is 0 Å². The molecule has 0 unspecified atom stereocenters. The van der Waals surface area contributed by atoms with Crippen LogP contribution in [0.4, 0.5) is 9.59 Å². The Morgan fingerprint density at radius 1 is 1.28 bits per heavy atom. The molecule has 2 rings (SSSR count). The second-order valence-corrected chi connectivity index (χ2v) is 9.68. The third kappa shape index (κ3) is 11.8. The lowest BCUT2D eigenvalue weighted by molar-refractivity contribution is 0.0461. The van der Waals surface area contributed by atoms with E-state index in [9.17, 15) is 9.59 Å². The van der Waals surface area contributed by atoms with Gasteiger partial charge in [0, 0.05) is 51.0 Å². The Morgan fingerprint density at radius 2 is 2.11 bits per heavy atom. The van der Waals surface area contributed by atoms with E-state index in [4.69, 9.17) is 21.1 Å². The van der Waals surface area contributed by atoms with Crippen molar-refractivity contribution < 1.29 is 23.8 Å². The number of methoxy groups -OCH3 is 1. The topological polar surface area (TPSA) is 101 Å². The first-order chi connectivity index (χ1) is 17.4. The molecule has 0 radical (unpaired) electrons. The predicted octanol–water partition coefficient (Wildman–Crippen LogP) is 3.97. The van der Waals surface area contributed by atoms with Crippen LogP contribution in [0.2, 0.25) is 5.02 Å². The van der Waals surface area contributed by atoms with Gasteiger partial charge in [0.2, 0.25) is 0 Å². The maximum absolute atomic E-state index is 12.6. The van der Waals surface area contributed by atoms with Crippen LogP contribution >= 0.6 is 11.6 Å². The fourth-order valence-corrected chi connectivity index (χ4v) is 4.50. The zero-order valence-corrected chi connectivity index (χ0v) is 22.6. The Kier molecular flexibility index (Phi) is 14.6. The highest BCUT2D eigenvalue weighted by molar-refractivity contribution is 6.30. The Hall–Kier alpha value is -2.07. The van der Waals surface area contributed by atoms with Crippen molar-refractivity contribution in [2.75, 3.05) is 60.7 Å². The Bertz CT molecular complexity index is 778. The largest absolute Gasteiger partial charge is 0.453 e. The molecule has 10 heteroatoms. The van der Waals surface area contributed by atoms with Crippen molar-refractivity contribution in [1.82, 2.24) is 20.9 Å². The van der Waals surface area contributed by atoms with Gasteiger partial charge in [-0.25, -0.2) is 9.59 Å². The van der Waals surface area contributed by atoms with Gasteiger partial charge in [-0.2, -0.15) is 0 Å². The summed E-state index contributed by atoms with van der Waals surface area (Å²) in [6, 6.07) is 7.79. The zero-order chi connectivity index (χ0) is 26.2. The number of halogens is 1. The van der Waals surface area contributed by atoms with Crippen molar-refractivity contribution >= 4 is 23.7 Å². The van der Waals surface area contributed by atoms with Gasteiger partial charge in [-0.3, -0.25) is 0 Å². The third-order valence-corrected chi connectivity index (χ3v) is 6.67. The number of hydrogen-bond donors (Lipinski definition) is 3. The van der Waals surface area contributed by atoms with Gasteiger partial charge in [0.15, 0.2) is 0 Å². The van der Waals surface area contributed by atoms with Crippen molar-refractivity contribution in [3.63, 3.8) is 0 Å². The van der Waals surface area contributed by atoms with Crippen molar-refractivity contribution in [2.24, 2.45) is 5.92 Å². The molecule has 0 aliphatic carbocycles. The Balaban J connectivity index is 1.72. The number of alkyl carbamates (subject to hydrolysis) is 1. The molecule has 204 valence electrons. The molecule has 3 amide bonds. The average Bonchev–Trinajstić information content (AvgIpc) is 2.90. The minimum atomic E-state index is -0.483. The summed E-state index contributed by atoms with van der Waals surface area (Å²) in [4.78, 5) is 25.5. The van der Waals surface area contributed by atoms with Crippen LogP contribution in [0.15, 0.2) is 24.3 Å². The monoisotopic (exact) mass is 526 g/mol. The normalized spacial score (nSPS) is 17.2. The minimum Gasteiger partial charge on any atom is -0.453 e. The quantitative estimate of drug-likeness (QED) is 0.299. The number of unbranched alkanes of at least 4 members (excludes halogenated alkanes) is 1. The second-order valence-electron chi connectivity index (χ2n) is 9.24. The van der Waals surface area contributed by atoms with E-state index in [0.29, 0.717) is 37.2 Å². The van der Waals surface area contributed by atoms with E-state index in [0.717, 1.165) is 50.9 Å². The summed E-state index contributed by atoms with van der Waals surface area (Å²) in [5, 5.41) is 9.64. The van der Waals surface area contributed by atoms with Gasteiger partial charge in [0.1, 0.15) is 0 Å². The number of benzene rings is 1. The summed E-state index contributed by atoms with van der Waals surface area (Å²) in [5.74, 6) is 0.553. The van der Waals surface area contributed by atoms with Crippen molar-refractivity contribution in [2.45, 2.75) is 50.7 Å². The van der Waals surface area contributed by atoms with Crippen molar-refractivity contribution in [1.29, 1.82) is 0 Å². The maximum Gasteiger partial charge on any atom is 0.406 e. The first-order valence-corrected chi connectivity index (χ1v) is 13.2. The van der Waals surface area contributed by atoms with E-state index < -0.39 is 6.09 Å². The van der Waals surface area contributed by atoms with Gasteiger partial charge in [-0.1, -0.05) is 23.7 Å². The Morgan fingerprint density at radius 3 is 2.81 bits per heavy atom. The second kappa shape index (κ2) is 17.4. The van der Waals surface area contributed by atoms with Crippen LogP contribution in [-0.2, 0) is 14.2 Å². The smallest absolute Gasteiger partial charge is 0.406 e. The lowest BCUT2D eigenvalue weighted by atomic mass is 9.94. The van der Waals surface area contributed by atoms with Gasteiger partial charge in [-0.05, 0) is 69.2 Å². The highest BCUT2D eigenvalue weighted by Gasteiger charge is 2.20. The molecule has 1 heterocycles. The number of amides is 3. The molecule has 3 atom stereocenters. The van der Waals surface area contributed by atoms with Crippen molar-refractivity contribution in [3.8, 4) is 0 Å². The molecule has 0 spiro atoms. The SMILES string of the molecule is CN[C@H](CNC(=O)N(C)CCCC[C@@H](OCCNC(=O)OC)c1cccc(Cl)c1)C[C@H]1CCCOC1. The molecular weight excluding hydrogens is 484 g/mol.